The molecular formula is C9H9FINO2. The van der Waals surface area contributed by atoms with E-state index in [1.807, 2.05) is 12.1 Å². The van der Waals surface area contributed by atoms with Crippen LogP contribution < -0.4 is 5.32 Å². The topological polar surface area (TPSA) is 38.3 Å². The van der Waals surface area contributed by atoms with Crippen molar-refractivity contribution in [3.8, 4) is 0 Å². The van der Waals surface area contributed by atoms with Crippen LogP contribution in [-0.4, -0.2) is 19.4 Å². The molecule has 0 saturated heterocycles. The molecule has 14 heavy (non-hydrogen) atoms. The molecule has 0 aliphatic carbocycles. The first-order valence-electron chi connectivity index (χ1n) is 3.97. The van der Waals surface area contributed by atoms with Crippen molar-refractivity contribution in [2.24, 2.45) is 0 Å². The van der Waals surface area contributed by atoms with Crippen LogP contribution in [0.3, 0.4) is 0 Å². The third kappa shape index (κ3) is 3.91. The molecule has 1 aromatic rings. The number of hydrogen-bond acceptors (Lipinski definition) is 2. The molecule has 76 valence electrons. The lowest BCUT2D eigenvalue weighted by Gasteiger charge is -2.04. The van der Waals surface area contributed by atoms with E-state index >= 15 is 0 Å². The van der Waals surface area contributed by atoms with Crippen LogP contribution >= 0.6 is 22.6 Å². The number of halogens is 2. The fourth-order valence-corrected chi connectivity index (χ4v) is 1.18. The van der Waals surface area contributed by atoms with Crippen molar-refractivity contribution in [3.05, 3.63) is 27.8 Å². The summed E-state index contributed by atoms with van der Waals surface area (Å²) in [7, 11) is 0. The van der Waals surface area contributed by atoms with E-state index in [-0.39, 0.29) is 6.61 Å². The third-order valence-electron chi connectivity index (χ3n) is 1.40. The maximum absolute atomic E-state index is 11.6. The minimum Gasteiger partial charge on any atom is -0.447 e. The SMILES string of the molecule is O=C(Nc1ccc(I)cc1)OCCF. The third-order valence-corrected chi connectivity index (χ3v) is 2.12. The van der Waals surface area contributed by atoms with E-state index in [1.165, 1.54) is 0 Å². The van der Waals surface area contributed by atoms with E-state index in [2.05, 4.69) is 32.6 Å². The number of ether oxygens (including phenoxy) is 1. The number of benzene rings is 1. The summed E-state index contributed by atoms with van der Waals surface area (Å²) in [6, 6.07) is 7.20. The van der Waals surface area contributed by atoms with E-state index in [1.54, 1.807) is 12.1 Å². The predicted octanol–water partition coefficient (Wildman–Crippen LogP) is 2.81. The van der Waals surface area contributed by atoms with Gasteiger partial charge in [-0.2, -0.15) is 0 Å². The molecule has 0 aromatic heterocycles. The number of nitrogens with one attached hydrogen (secondary N) is 1. The molecular weight excluding hydrogens is 300 g/mol. The number of rotatable bonds is 3. The molecule has 5 heteroatoms. The number of alkyl halides is 1. The van der Waals surface area contributed by atoms with Crippen molar-refractivity contribution >= 4 is 34.4 Å². The lowest BCUT2D eigenvalue weighted by Crippen LogP contribution is -2.14. The van der Waals surface area contributed by atoms with Gasteiger partial charge in [-0.1, -0.05) is 0 Å². The van der Waals surface area contributed by atoms with Gasteiger partial charge in [0, 0.05) is 9.26 Å². The summed E-state index contributed by atoms with van der Waals surface area (Å²) in [5.74, 6) is 0. The van der Waals surface area contributed by atoms with Gasteiger partial charge < -0.3 is 4.74 Å². The molecule has 0 radical (unpaired) electrons. The van der Waals surface area contributed by atoms with E-state index in [4.69, 9.17) is 0 Å². The second kappa shape index (κ2) is 5.79. The minimum atomic E-state index is -0.667. The molecule has 0 heterocycles. The Bertz CT molecular complexity index is 302. The van der Waals surface area contributed by atoms with Crippen LogP contribution in [0.1, 0.15) is 0 Å². The number of carbonyl (C=O) groups is 1. The van der Waals surface area contributed by atoms with Crippen molar-refractivity contribution in [2.75, 3.05) is 18.6 Å². The zero-order valence-corrected chi connectivity index (χ0v) is 9.45. The number of hydrogen-bond donors (Lipinski definition) is 1. The van der Waals surface area contributed by atoms with Crippen LogP contribution in [0.2, 0.25) is 0 Å². The van der Waals surface area contributed by atoms with E-state index in [0.29, 0.717) is 5.69 Å². The Morgan fingerprint density at radius 1 is 1.43 bits per heavy atom. The van der Waals surface area contributed by atoms with Gasteiger partial charge in [0.15, 0.2) is 0 Å². The molecule has 0 saturated carbocycles. The van der Waals surface area contributed by atoms with Crippen molar-refractivity contribution in [3.63, 3.8) is 0 Å². The quantitative estimate of drug-likeness (QED) is 0.872. The first kappa shape index (κ1) is 11.2. The Morgan fingerprint density at radius 2 is 2.07 bits per heavy atom. The maximum Gasteiger partial charge on any atom is 0.411 e. The van der Waals surface area contributed by atoms with Gasteiger partial charge in [-0.15, -0.1) is 0 Å². The first-order chi connectivity index (χ1) is 6.72. The van der Waals surface area contributed by atoms with Crippen LogP contribution in [0.4, 0.5) is 14.9 Å². The van der Waals surface area contributed by atoms with E-state index in [0.717, 1.165) is 3.57 Å². The Balaban J connectivity index is 2.44. The highest BCUT2D eigenvalue weighted by Crippen LogP contribution is 2.11. The summed E-state index contributed by atoms with van der Waals surface area (Å²) in [6.45, 7) is -0.879. The fraction of sp³-hybridized carbons (Fsp3) is 0.222. The number of anilines is 1. The Kier molecular flexibility index (Phi) is 4.64. The summed E-state index contributed by atoms with van der Waals surface area (Å²) in [5.41, 5.74) is 0.634. The van der Waals surface area contributed by atoms with E-state index in [9.17, 15) is 9.18 Å². The summed E-state index contributed by atoms with van der Waals surface area (Å²) >= 11 is 2.16. The van der Waals surface area contributed by atoms with Crippen LogP contribution in [0, 0.1) is 3.57 Å². The normalized spacial score (nSPS) is 9.57. The second-order valence-electron chi connectivity index (χ2n) is 2.46. The van der Waals surface area contributed by atoms with Crippen LogP contribution in [0.15, 0.2) is 24.3 Å². The van der Waals surface area contributed by atoms with Gasteiger partial charge in [0.1, 0.15) is 13.3 Å². The molecule has 1 amide bonds. The maximum atomic E-state index is 11.6. The van der Waals surface area contributed by atoms with Gasteiger partial charge in [-0.3, -0.25) is 5.32 Å². The molecule has 0 atom stereocenters. The highest BCUT2D eigenvalue weighted by Gasteiger charge is 2.01. The highest BCUT2D eigenvalue weighted by molar-refractivity contribution is 14.1. The van der Waals surface area contributed by atoms with Crippen molar-refractivity contribution in [1.82, 2.24) is 0 Å². The van der Waals surface area contributed by atoms with Crippen LogP contribution in [0.5, 0.6) is 0 Å². The standard InChI is InChI=1S/C9H9FINO2/c10-5-6-14-9(13)12-8-3-1-7(11)2-4-8/h1-4H,5-6H2,(H,12,13). The lowest BCUT2D eigenvalue weighted by molar-refractivity contribution is 0.152. The minimum absolute atomic E-state index is 0.212. The Labute approximate surface area is 94.8 Å². The molecule has 0 spiro atoms. The monoisotopic (exact) mass is 309 g/mol. The van der Waals surface area contributed by atoms with Crippen LogP contribution in [-0.2, 0) is 4.74 Å². The van der Waals surface area contributed by atoms with Crippen molar-refractivity contribution < 1.29 is 13.9 Å². The summed E-state index contributed by atoms with van der Waals surface area (Å²) in [4.78, 5) is 11.0. The van der Waals surface area contributed by atoms with Gasteiger partial charge in [-0.25, -0.2) is 9.18 Å². The lowest BCUT2D eigenvalue weighted by atomic mass is 10.3. The Hall–Kier alpha value is -0.850. The van der Waals surface area contributed by atoms with Gasteiger partial charge in [-0.05, 0) is 46.9 Å². The summed E-state index contributed by atoms with van der Waals surface area (Å²) < 4.78 is 17.2. The highest BCUT2D eigenvalue weighted by atomic mass is 127. The van der Waals surface area contributed by atoms with Gasteiger partial charge in [0.05, 0.1) is 0 Å². The van der Waals surface area contributed by atoms with Crippen molar-refractivity contribution in [1.29, 1.82) is 0 Å². The molecule has 1 aromatic carbocycles. The molecule has 1 rings (SSSR count). The second-order valence-corrected chi connectivity index (χ2v) is 3.70. The molecule has 0 bridgehead atoms. The molecule has 0 unspecified atom stereocenters. The van der Waals surface area contributed by atoms with Crippen LogP contribution in [0.25, 0.3) is 0 Å². The number of carbonyl (C=O) groups excluding carboxylic acids is 1. The number of amides is 1. The largest absolute Gasteiger partial charge is 0.447 e. The van der Waals surface area contributed by atoms with E-state index < -0.39 is 12.8 Å². The molecule has 0 fully saturated rings. The fourth-order valence-electron chi connectivity index (χ4n) is 0.818. The van der Waals surface area contributed by atoms with Crippen molar-refractivity contribution in [2.45, 2.75) is 0 Å². The summed E-state index contributed by atoms with van der Waals surface area (Å²) in [5, 5.41) is 2.47. The smallest absolute Gasteiger partial charge is 0.411 e. The molecule has 3 nitrogen and oxygen atoms in total. The summed E-state index contributed by atoms with van der Waals surface area (Å²) in [6.07, 6.45) is -0.635. The Morgan fingerprint density at radius 3 is 2.64 bits per heavy atom. The van der Waals surface area contributed by atoms with Gasteiger partial charge in [0.25, 0.3) is 0 Å². The molecule has 0 aliphatic rings. The average molecular weight is 309 g/mol. The van der Waals surface area contributed by atoms with Gasteiger partial charge >= 0.3 is 6.09 Å². The average Bonchev–Trinajstić information content (AvgIpc) is 2.18. The zero-order chi connectivity index (χ0) is 10.4. The zero-order valence-electron chi connectivity index (χ0n) is 7.30. The van der Waals surface area contributed by atoms with Gasteiger partial charge in [0.2, 0.25) is 0 Å². The molecule has 1 N–H and O–H groups in total. The first-order valence-corrected chi connectivity index (χ1v) is 5.05. The predicted molar refractivity (Wildman–Crippen MR) is 60.1 cm³/mol. The molecule has 0 aliphatic heterocycles.